The Balaban J connectivity index is 1.32. The number of carbonyl (C=O) groups excluding carboxylic acids is 1. The summed E-state index contributed by atoms with van der Waals surface area (Å²) in [5.41, 5.74) is 5.02. The Kier molecular flexibility index (Phi) is 8.62. The Morgan fingerprint density at radius 2 is 1.74 bits per heavy atom. The van der Waals surface area contributed by atoms with Gasteiger partial charge in [-0.1, -0.05) is 47.5 Å². The number of pyridine rings is 1. The summed E-state index contributed by atoms with van der Waals surface area (Å²) in [6.45, 7) is 4.57. The van der Waals surface area contributed by atoms with Crippen LogP contribution in [0, 0.1) is 11.3 Å². The fourth-order valence-corrected chi connectivity index (χ4v) is 6.67. The first-order valence-electron chi connectivity index (χ1n) is 14.6. The molecule has 214 valence electrons. The molecule has 0 aliphatic carbocycles. The van der Waals surface area contributed by atoms with Crippen molar-refractivity contribution in [2.24, 2.45) is 0 Å². The number of nitrogens with one attached hydrogen (secondary N) is 1. The quantitative estimate of drug-likeness (QED) is 0.228. The molecule has 1 atom stereocenters. The number of anilines is 1. The van der Waals surface area contributed by atoms with Crippen molar-refractivity contribution in [2.45, 2.75) is 38.1 Å². The molecule has 8 heteroatoms. The molecule has 0 radical (unpaired) electrons. The molecule has 2 fully saturated rings. The third-order valence-corrected chi connectivity index (χ3v) is 8.99. The lowest BCUT2D eigenvalue weighted by Crippen LogP contribution is -2.42. The molecule has 1 N–H and O–H groups in total. The number of likely N-dealkylation sites (tertiary alicyclic amines) is 2. The Morgan fingerprint density at radius 1 is 0.952 bits per heavy atom. The first kappa shape index (κ1) is 28.5. The lowest BCUT2D eigenvalue weighted by atomic mass is 9.99. The van der Waals surface area contributed by atoms with Gasteiger partial charge in [0.25, 0.3) is 5.91 Å². The molecule has 3 aromatic carbocycles. The van der Waals surface area contributed by atoms with Crippen LogP contribution in [0.15, 0.2) is 66.7 Å². The van der Waals surface area contributed by atoms with Gasteiger partial charge in [0.1, 0.15) is 5.82 Å². The molecule has 0 saturated carbocycles. The molecule has 6 nitrogen and oxygen atoms in total. The molecule has 1 aromatic heterocycles. The number of nitrogens with zero attached hydrogens (tertiary/aromatic N) is 4. The van der Waals surface area contributed by atoms with Gasteiger partial charge in [-0.3, -0.25) is 4.79 Å². The number of hydrogen-bond acceptors (Lipinski definition) is 5. The molecule has 0 spiro atoms. The van der Waals surface area contributed by atoms with E-state index in [0.29, 0.717) is 40.0 Å². The van der Waals surface area contributed by atoms with Gasteiger partial charge >= 0.3 is 0 Å². The largest absolute Gasteiger partial charge is 0.370 e. The number of aromatic nitrogens is 1. The predicted molar refractivity (Wildman–Crippen MR) is 170 cm³/mol. The highest BCUT2D eigenvalue weighted by atomic mass is 35.5. The average Bonchev–Trinajstić information content (AvgIpc) is 3.70. The van der Waals surface area contributed by atoms with E-state index in [1.54, 1.807) is 6.07 Å². The monoisotopic (exact) mass is 597 g/mol. The van der Waals surface area contributed by atoms with Crippen LogP contribution in [-0.2, 0) is 6.42 Å². The van der Waals surface area contributed by atoms with Crippen molar-refractivity contribution in [3.05, 3.63) is 93.5 Å². The molecule has 0 bridgehead atoms. The number of halogens is 2. The topological polar surface area (TPSA) is 72.3 Å². The number of carbonyl (C=O) groups is 1. The van der Waals surface area contributed by atoms with E-state index < -0.39 is 0 Å². The Hall–Kier alpha value is -3.63. The zero-order valence-corrected chi connectivity index (χ0v) is 25.0. The second kappa shape index (κ2) is 12.7. The summed E-state index contributed by atoms with van der Waals surface area (Å²) in [7, 11) is 0. The van der Waals surface area contributed by atoms with E-state index in [1.165, 1.54) is 12.8 Å². The van der Waals surface area contributed by atoms with Gasteiger partial charge in [-0.25, -0.2) is 4.98 Å². The van der Waals surface area contributed by atoms with Gasteiger partial charge in [0.2, 0.25) is 0 Å². The average molecular weight is 599 g/mol. The molecular formula is C34H33Cl2N5O. The van der Waals surface area contributed by atoms with E-state index in [2.05, 4.69) is 27.3 Å². The van der Waals surface area contributed by atoms with Crippen molar-refractivity contribution in [1.82, 2.24) is 14.8 Å². The SMILES string of the molecule is N#Cc1ccc(-c2ccc3nc(NCCc4ccc(Cl)cc4Cl)cc(C(=O)N4CCC[C@H]4CN4CCCC4)c3c2)cc1. The maximum Gasteiger partial charge on any atom is 0.254 e. The van der Waals surface area contributed by atoms with Gasteiger partial charge in [0.05, 0.1) is 22.7 Å². The number of nitriles is 1. The van der Waals surface area contributed by atoms with Gasteiger partial charge in [-0.15, -0.1) is 0 Å². The second-order valence-corrected chi connectivity index (χ2v) is 12.0. The van der Waals surface area contributed by atoms with Gasteiger partial charge in [0, 0.05) is 41.1 Å². The van der Waals surface area contributed by atoms with Gasteiger partial charge in [-0.05, 0) is 104 Å². The Labute approximate surface area is 256 Å². The third kappa shape index (κ3) is 6.24. The van der Waals surface area contributed by atoms with Crippen LogP contribution in [0.4, 0.5) is 5.82 Å². The first-order valence-corrected chi connectivity index (χ1v) is 15.4. The fourth-order valence-electron chi connectivity index (χ4n) is 6.17. The molecule has 1 amide bonds. The molecule has 2 saturated heterocycles. The molecular weight excluding hydrogens is 565 g/mol. The van der Waals surface area contributed by atoms with E-state index in [-0.39, 0.29) is 11.9 Å². The summed E-state index contributed by atoms with van der Waals surface area (Å²) in [4.78, 5) is 23.8. The summed E-state index contributed by atoms with van der Waals surface area (Å²) in [6, 6.07) is 23.4. The number of benzene rings is 3. The molecule has 2 aliphatic rings. The maximum atomic E-state index is 14.3. The summed E-state index contributed by atoms with van der Waals surface area (Å²) in [6.07, 6.45) is 5.24. The van der Waals surface area contributed by atoms with E-state index in [1.807, 2.05) is 54.6 Å². The van der Waals surface area contributed by atoms with Crippen LogP contribution in [0.1, 0.15) is 47.2 Å². The van der Waals surface area contributed by atoms with Crippen LogP contribution in [0.25, 0.3) is 22.0 Å². The lowest BCUT2D eigenvalue weighted by molar-refractivity contribution is 0.0710. The minimum absolute atomic E-state index is 0.0601. The highest BCUT2D eigenvalue weighted by molar-refractivity contribution is 6.35. The number of hydrogen-bond donors (Lipinski definition) is 1. The minimum atomic E-state index is 0.0601. The van der Waals surface area contributed by atoms with Crippen LogP contribution in [-0.4, -0.2) is 59.5 Å². The second-order valence-electron chi connectivity index (χ2n) is 11.2. The molecule has 42 heavy (non-hydrogen) atoms. The Bertz CT molecular complexity index is 1640. The minimum Gasteiger partial charge on any atom is -0.370 e. The van der Waals surface area contributed by atoms with Crippen LogP contribution in [0.3, 0.4) is 0 Å². The van der Waals surface area contributed by atoms with Crippen LogP contribution < -0.4 is 5.32 Å². The van der Waals surface area contributed by atoms with Crippen molar-refractivity contribution in [3.8, 4) is 17.2 Å². The van der Waals surface area contributed by atoms with Crippen molar-refractivity contribution < 1.29 is 4.79 Å². The maximum absolute atomic E-state index is 14.3. The smallest absolute Gasteiger partial charge is 0.254 e. The number of fused-ring (bicyclic) bond motifs is 1. The van der Waals surface area contributed by atoms with Crippen molar-refractivity contribution in [3.63, 3.8) is 0 Å². The lowest BCUT2D eigenvalue weighted by Gasteiger charge is -2.29. The van der Waals surface area contributed by atoms with Gasteiger partial charge < -0.3 is 15.1 Å². The van der Waals surface area contributed by atoms with Crippen molar-refractivity contribution >= 4 is 45.8 Å². The van der Waals surface area contributed by atoms with Crippen molar-refractivity contribution in [2.75, 3.05) is 38.0 Å². The normalized spacial score (nSPS) is 17.1. The highest BCUT2D eigenvalue weighted by Crippen LogP contribution is 2.31. The Morgan fingerprint density at radius 3 is 2.50 bits per heavy atom. The summed E-state index contributed by atoms with van der Waals surface area (Å²) < 4.78 is 0. The highest BCUT2D eigenvalue weighted by Gasteiger charge is 2.32. The van der Waals surface area contributed by atoms with Crippen LogP contribution >= 0.6 is 23.2 Å². The molecule has 4 aromatic rings. The van der Waals surface area contributed by atoms with Gasteiger partial charge in [-0.2, -0.15) is 5.26 Å². The molecule has 6 rings (SSSR count). The summed E-state index contributed by atoms with van der Waals surface area (Å²) in [5, 5.41) is 14.7. The summed E-state index contributed by atoms with van der Waals surface area (Å²) >= 11 is 12.5. The van der Waals surface area contributed by atoms with E-state index in [4.69, 9.17) is 28.2 Å². The summed E-state index contributed by atoms with van der Waals surface area (Å²) in [5.74, 6) is 0.724. The van der Waals surface area contributed by atoms with E-state index in [0.717, 1.165) is 66.6 Å². The standard InChI is InChI=1S/C34H33Cl2N5O/c35-27-11-9-25(31(36)19-27)13-14-38-33-20-30(34(42)41-17-3-4-28(41)22-40-15-1-2-16-40)29-18-26(10-12-32(29)39-33)24-7-5-23(21-37)6-8-24/h5-12,18-20,28H,1-4,13-17,22H2,(H,38,39)/t28-/m0/s1. The number of rotatable bonds is 8. The zero-order chi connectivity index (χ0) is 29.1. The van der Waals surface area contributed by atoms with Crippen molar-refractivity contribution in [1.29, 1.82) is 5.26 Å². The predicted octanol–water partition coefficient (Wildman–Crippen LogP) is 7.44. The molecule has 0 unspecified atom stereocenters. The first-order chi connectivity index (χ1) is 20.5. The molecule has 2 aliphatic heterocycles. The van der Waals surface area contributed by atoms with E-state index >= 15 is 0 Å². The van der Waals surface area contributed by atoms with E-state index in [9.17, 15) is 10.1 Å². The van der Waals surface area contributed by atoms with Crippen LogP contribution in [0.2, 0.25) is 10.0 Å². The fraction of sp³-hybridized carbons (Fsp3) is 0.324. The number of amides is 1. The zero-order valence-electron chi connectivity index (χ0n) is 23.5. The third-order valence-electron chi connectivity index (χ3n) is 8.41. The van der Waals surface area contributed by atoms with Crippen LogP contribution in [0.5, 0.6) is 0 Å². The molecule has 3 heterocycles. The van der Waals surface area contributed by atoms with Gasteiger partial charge in [0.15, 0.2) is 0 Å².